The molecule has 0 unspecified atom stereocenters. The third-order valence-electron chi connectivity index (χ3n) is 5.25. The van der Waals surface area contributed by atoms with Crippen LogP contribution in [0.2, 0.25) is 5.02 Å². The quantitative estimate of drug-likeness (QED) is 0.334. The molecular weight excluding hydrogens is 410 g/mol. The SMILES string of the molecule is O=Cc1cccc(Cl)c1C#CCCNC(=O)OCC1c2ccccc2-c2ccccc21. The molecule has 1 N–H and O–H groups in total. The summed E-state index contributed by atoms with van der Waals surface area (Å²) in [6.45, 7) is 0.610. The first-order valence-electron chi connectivity index (χ1n) is 10.0. The Balaban J connectivity index is 1.31. The van der Waals surface area contributed by atoms with Crippen LogP contribution in [0.1, 0.15) is 39.4 Å². The Morgan fingerprint density at radius 2 is 1.68 bits per heavy atom. The molecule has 0 fully saturated rings. The average Bonchev–Trinajstić information content (AvgIpc) is 3.12. The Morgan fingerprint density at radius 1 is 1.00 bits per heavy atom. The molecule has 0 aliphatic heterocycles. The molecule has 0 atom stereocenters. The zero-order valence-corrected chi connectivity index (χ0v) is 17.5. The zero-order chi connectivity index (χ0) is 21.6. The van der Waals surface area contributed by atoms with Crippen molar-refractivity contribution in [1.82, 2.24) is 5.32 Å². The summed E-state index contributed by atoms with van der Waals surface area (Å²) in [4.78, 5) is 23.3. The highest BCUT2D eigenvalue weighted by Gasteiger charge is 2.28. The van der Waals surface area contributed by atoms with Crippen molar-refractivity contribution in [3.63, 3.8) is 0 Å². The second-order valence-corrected chi connectivity index (χ2v) is 7.53. The van der Waals surface area contributed by atoms with E-state index in [-0.39, 0.29) is 12.5 Å². The molecule has 0 bridgehead atoms. The van der Waals surface area contributed by atoms with E-state index in [2.05, 4.69) is 41.4 Å². The molecule has 3 aromatic carbocycles. The van der Waals surface area contributed by atoms with Gasteiger partial charge in [-0.3, -0.25) is 4.79 Å². The Kier molecular flexibility index (Phi) is 6.35. The minimum atomic E-state index is -0.477. The lowest BCUT2D eigenvalue weighted by Crippen LogP contribution is -2.26. The lowest BCUT2D eigenvalue weighted by Gasteiger charge is -2.14. The summed E-state index contributed by atoms with van der Waals surface area (Å²) < 4.78 is 5.49. The van der Waals surface area contributed by atoms with Crippen molar-refractivity contribution in [1.29, 1.82) is 0 Å². The number of carbonyl (C=O) groups excluding carboxylic acids is 2. The number of halogens is 1. The topological polar surface area (TPSA) is 55.4 Å². The molecule has 1 amide bonds. The molecule has 154 valence electrons. The maximum atomic E-state index is 12.2. The molecule has 0 saturated heterocycles. The van der Waals surface area contributed by atoms with Crippen LogP contribution in [0.15, 0.2) is 66.7 Å². The van der Waals surface area contributed by atoms with E-state index in [0.29, 0.717) is 29.1 Å². The van der Waals surface area contributed by atoms with Gasteiger partial charge in [0, 0.05) is 24.4 Å². The number of amides is 1. The first-order chi connectivity index (χ1) is 15.2. The van der Waals surface area contributed by atoms with E-state index in [1.165, 1.54) is 22.3 Å². The lowest BCUT2D eigenvalue weighted by atomic mass is 9.98. The van der Waals surface area contributed by atoms with Crippen LogP contribution in [-0.4, -0.2) is 25.5 Å². The predicted molar refractivity (Wildman–Crippen MR) is 121 cm³/mol. The maximum Gasteiger partial charge on any atom is 0.407 e. The summed E-state index contributed by atoms with van der Waals surface area (Å²) in [5.74, 6) is 5.86. The molecule has 31 heavy (non-hydrogen) atoms. The number of benzene rings is 3. The lowest BCUT2D eigenvalue weighted by molar-refractivity contribution is 0.112. The molecule has 0 saturated carbocycles. The summed E-state index contributed by atoms with van der Waals surface area (Å²) in [5, 5.41) is 3.15. The van der Waals surface area contributed by atoms with Gasteiger partial charge in [-0.2, -0.15) is 0 Å². The fourth-order valence-electron chi connectivity index (χ4n) is 3.80. The molecule has 0 spiro atoms. The third-order valence-corrected chi connectivity index (χ3v) is 5.56. The molecule has 4 nitrogen and oxygen atoms in total. The van der Waals surface area contributed by atoms with Crippen LogP contribution in [0.25, 0.3) is 11.1 Å². The molecule has 0 heterocycles. The highest BCUT2D eigenvalue weighted by molar-refractivity contribution is 6.32. The zero-order valence-electron chi connectivity index (χ0n) is 16.7. The van der Waals surface area contributed by atoms with Crippen LogP contribution in [0.5, 0.6) is 0 Å². The van der Waals surface area contributed by atoms with Crippen molar-refractivity contribution < 1.29 is 14.3 Å². The molecule has 5 heteroatoms. The van der Waals surface area contributed by atoms with Gasteiger partial charge in [0.05, 0.1) is 10.6 Å². The maximum absolute atomic E-state index is 12.2. The average molecular weight is 430 g/mol. The van der Waals surface area contributed by atoms with E-state index >= 15 is 0 Å². The van der Waals surface area contributed by atoms with Crippen LogP contribution in [0.3, 0.4) is 0 Å². The number of fused-ring (bicyclic) bond motifs is 3. The van der Waals surface area contributed by atoms with Crippen molar-refractivity contribution in [2.75, 3.05) is 13.2 Å². The Hall–Kier alpha value is -3.55. The van der Waals surface area contributed by atoms with Gasteiger partial charge in [-0.25, -0.2) is 4.79 Å². The predicted octanol–water partition coefficient (Wildman–Crippen LogP) is 5.43. The number of aldehydes is 1. The largest absolute Gasteiger partial charge is 0.449 e. The van der Waals surface area contributed by atoms with E-state index in [1.807, 2.05) is 24.3 Å². The van der Waals surface area contributed by atoms with E-state index in [1.54, 1.807) is 18.2 Å². The fourth-order valence-corrected chi connectivity index (χ4v) is 4.03. The van der Waals surface area contributed by atoms with Crippen molar-refractivity contribution in [2.45, 2.75) is 12.3 Å². The fraction of sp³-hybridized carbons (Fsp3) is 0.154. The van der Waals surface area contributed by atoms with Gasteiger partial charge >= 0.3 is 6.09 Å². The number of rotatable bonds is 5. The monoisotopic (exact) mass is 429 g/mol. The van der Waals surface area contributed by atoms with Crippen LogP contribution in [-0.2, 0) is 4.74 Å². The highest BCUT2D eigenvalue weighted by atomic mass is 35.5. The minimum Gasteiger partial charge on any atom is -0.449 e. The second kappa shape index (κ2) is 9.51. The number of hydrogen-bond acceptors (Lipinski definition) is 3. The van der Waals surface area contributed by atoms with Crippen molar-refractivity contribution in [2.24, 2.45) is 0 Å². The standard InChI is InChI=1S/C26H20ClNO3/c27-25-14-7-8-18(16-29)19(25)9-5-6-15-28-26(30)31-17-24-22-12-3-1-10-20(22)21-11-2-4-13-23(21)24/h1-4,7-8,10-14,16,24H,6,15,17H2,(H,28,30). The van der Waals surface area contributed by atoms with Gasteiger partial charge in [0.25, 0.3) is 0 Å². The normalized spacial score (nSPS) is 11.6. The van der Waals surface area contributed by atoms with E-state index in [4.69, 9.17) is 16.3 Å². The van der Waals surface area contributed by atoms with Gasteiger partial charge in [0.15, 0.2) is 6.29 Å². The van der Waals surface area contributed by atoms with E-state index in [9.17, 15) is 9.59 Å². The highest BCUT2D eigenvalue weighted by Crippen LogP contribution is 2.44. The van der Waals surface area contributed by atoms with Gasteiger partial charge in [0.2, 0.25) is 0 Å². The summed E-state index contributed by atoms with van der Waals surface area (Å²) in [7, 11) is 0. The Labute approximate surface area is 186 Å². The molecule has 0 aromatic heterocycles. The Bertz CT molecular complexity index is 1150. The van der Waals surface area contributed by atoms with Crippen LogP contribution in [0.4, 0.5) is 4.79 Å². The number of carbonyl (C=O) groups is 2. The van der Waals surface area contributed by atoms with E-state index < -0.39 is 6.09 Å². The summed E-state index contributed by atoms with van der Waals surface area (Å²) in [5.41, 5.74) is 5.68. The van der Waals surface area contributed by atoms with Crippen molar-refractivity contribution in [3.05, 3.63) is 94.0 Å². The van der Waals surface area contributed by atoms with Crippen LogP contribution < -0.4 is 5.32 Å². The molecule has 1 aliphatic carbocycles. The molecule has 3 aromatic rings. The van der Waals surface area contributed by atoms with Crippen LogP contribution >= 0.6 is 11.6 Å². The number of ether oxygens (including phenoxy) is 1. The smallest absolute Gasteiger partial charge is 0.407 e. The molecule has 0 radical (unpaired) electrons. The first kappa shape index (κ1) is 20.7. The van der Waals surface area contributed by atoms with E-state index in [0.717, 1.165) is 6.29 Å². The number of hydrogen-bond donors (Lipinski definition) is 1. The van der Waals surface area contributed by atoms with Gasteiger partial charge < -0.3 is 10.1 Å². The third kappa shape index (κ3) is 4.47. The number of nitrogens with one attached hydrogen (secondary N) is 1. The van der Waals surface area contributed by atoms with Crippen molar-refractivity contribution >= 4 is 24.0 Å². The molecule has 4 rings (SSSR count). The van der Waals surface area contributed by atoms with Gasteiger partial charge in [-0.1, -0.05) is 84.1 Å². The summed E-state index contributed by atoms with van der Waals surface area (Å²) in [6.07, 6.45) is 0.661. The second-order valence-electron chi connectivity index (χ2n) is 7.13. The Morgan fingerprint density at radius 3 is 2.35 bits per heavy atom. The minimum absolute atomic E-state index is 0.0277. The summed E-state index contributed by atoms with van der Waals surface area (Å²) in [6, 6.07) is 21.5. The van der Waals surface area contributed by atoms with Crippen molar-refractivity contribution in [3.8, 4) is 23.0 Å². The first-order valence-corrected chi connectivity index (χ1v) is 10.4. The van der Waals surface area contributed by atoms with Crippen LogP contribution in [0, 0.1) is 11.8 Å². The van der Waals surface area contributed by atoms with Gasteiger partial charge in [-0.05, 0) is 28.3 Å². The van der Waals surface area contributed by atoms with Gasteiger partial charge in [-0.15, -0.1) is 0 Å². The van der Waals surface area contributed by atoms with Gasteiger partial charge in [0.1, 0.15) is 6.61 Å². The summed E-state index contributed by atoms with van der Waals surface area (Å²) >= 11 is 6.10. The molecule has 1 aliphatic rings. The molecular formula is C26H20ClNO3. The number of alkyl carbamates (subject to hydrolysis) is 1.